The Labute approximate surface area is 114 Å². The van der Waals surface area contributed by atoms with Crippen molar-refractivity contribution < 1.29 is 8.42 Å². The summed E-state index contributed by atoms with van der Waals surface area (Å²) in [5.74, 6) is 0. The van der Waals surface area contributed by atoms with Crippen LogP contribution in [0.5, 0.6) is 0 Å². The molecule has 0 radical (unpaired) electrons. The van der Waals surface area contributed by atoms with Gasteiger partial charge in [0.15, 0.2) is 0 Å². The fourth-order valence-electron chi connectivity index (χ4n) is 1.53. The van der Waals surface area contributed by atoms with Crippen LogP contribution in [0.4, 0.5) is 0 Å². The quantitative estimate of drug-likeness (QED) is 0.791. The van der Waals surface area contributed by atoms with E-state index in [1.165, 1.54) is 11.3 Å². The standard InChI is InChI=1S/C12H22N2O2S2/c1-5-7-13-9-10-11(6-8-17-10)18(15,16)14-12(2,3)4/h6,8,13-14H,5,7,9H2,1-4H3. The van der Waals surface area contributed by atoms with Crippen LogP contribution in [-0.4, -0.2) is 20.5 Å². The molecule has 0 aliphatic rings. The molecule has 1 heterocycles. The Morgan fingerprint density at radius 1 is 1.33 bits per heavy atom. The summed E-state index contributed by atoms with van der Waals surface area (Å²) in [4.78, 5) is 1.26. The van der Waals surface area contributed by atoms with Gasteiger partial charge in [0, 0.05) is 17.0 Å². The van der Waals surface area contributed by atoms with Gasteiger partial charge in [0.2, 0.25) is 10.0 Å². The molecule has 0 atom stereocenters. The van der Waals surface area contributed by atoms with Crippen molar-refractivity contribution in [1.82, 2.24) is 10.0 Å². The van der Waals surface area contributed by atoms with E-state index >= 15 is 0 Å². The first-order valence-electron chi connectivity index (χ1n) is 6.07. The molecule has 18 heavy (non-hydrogen) atoms. The third-order valence-corrected chi connectivity index (χ3v) is 5.04. The van der Waals surface area contributed by atoms with Crippen LogP contribution < -0.4 is 10.0 Å². The van der Waals surface area contributed by atoms with E-state index in [-0.39, 0.29) is 0 Å². The Kier molecular flexibility index (Phi) is 5.33. The van der Waals surface area contributed by atoms with Gasteiger partial charge in [0.1, 0.15) is 0 Å². The van der Waals surface area contributed by atoms with Gasteiger partial charge in [-0.1, -0.05) is 6.92 Å². The molecule has 0 aliphatic carbocycles. The highest BCUT2D eigenvalue weighted by atomic mass is 32.2. The predicted octanol–water partition coefficient (Wildman–Crippen LogP) is 2.32. The summed E-state index contributed by atoms with van der Waals surface area (Å²) < 4.78 is 27.1. The molecule has 1 rings (SSSR count). The molecule has 0 fully saturated rings. The lowest BCUT2D eigenvalue weighted by molar-refractivity contribution is 0.491. The number of nitrogens with one attached hydrogen (secondary N) is 2. The second-order valence-corrected chi connectivity index (χ2v) is 7.89. The summed E-state index contributed by atoms with van der Waals surface area (Å²) in [6.45, 7) is 9.10. The lowest BCUT2D eigenvalue weighted by Gasteiger charge is -2.20. The van der Waals surface area contributed by atoms with Gasteiger partial charge in [-0.05, 0) is 45.2 Å². The lowest BCUT2D eigenvalue weighted by Crippen LogP contribution is -2.40. The number of rotatable bonds is 6. The van der Waals surface area contributed by atoms with E-state index in [1.54, 1.807) is 6.07 Å². The highest BCUT2D eigenvalue weighted by molar-refractivity contribution is 7.89. The van der Waals surface area contributed by atoms with Crippen molar-refractivity contribution >= 4 is 21.4 Å². The van der Waals surface area contributed by atoms with Gasteiger partial charge < -0.3 is 5.32 Å². The number of sulfonamides is 1. The molecule has 6 heteroatoms. The first-order chi connectivity index (χ1) is 8.26. The molecule has 1 aromatic rings. The Morgan fingerprint density at radius 3 is 2.56 bits per heavy atom. The van der Waals surface area contributed by atoms with Crippen LogP contribution in [0.25, 0.3) is 0 Å². The third-order valence-electron chi connectivity index (χ3n) is 2.15. The molecule has 0 unspecified atom stereocenters. The lowest BCUT2D eigenvalue weighted by atomic mass is 10.1. The van der Waals surface area contributed by atoms with E-state index in [0.29, 0.717) is 11.4 Å². The molecule has 0 aliphatic heterocycles. The maximum absolute atomic E-state index is 12.2. The molecular formula is C12H22N2O2S2. The van der Waals surface area contributed by atoms with Gasteiger partial charge in [-0.25, -0.2) is 13.1 Å². The van der Waals surface area contributed by atoms with Crippen molar-refractivity contribution in [2.45, 2.75) is 51.1 Å². The second kappa shape index (κ2) is 6.14. The topological polar surface area (TPSA) is 58.2 Å². The van der Waals surface area contributed by atoms with E-state index in [2.05, 4.69) is 17.0 Å². The van der Waals surface area contributed by atoms with E-state index in [4.69, 9.17) is 0 Å². The molecule has 0 amide bonds. The van der Waals surface area contributed by atoms with E-state index in [1.807, 2.05) is 26.2 Å². The molecule has 104 valence electrons. The molecule has 0 bridgehead atoms. The van der Waals surface area contributed by atoms with Crippen LogP contribution in [0.1, 0.15) is 39.0 Å². The van der Waals surface area contributed by atoms with E-state index in [0.717, 1.165) is 17.8 Å². The van der Waals surface area contributed by atoms with Crippen molar-refractivity contribution in [3.63, 3.8) is 0 Å². The van der Waals surface area contributed by atoms with E-state index < -0.39 is 15.6 Å². The minimum absolute atomic E-state index is 0.394. The van der Waals surface area contributed by atoms with Crippen molar-refractivity contribution in [2.75, 3.05) is 6.54 Å². The first-order valence-corrected chi connectivity index (χ1v) is 8.43. The molecular weight excluding hydrogens is 268 g/mol. The van der Waals surface area contributed by atoms with Gasteiger partial charge >= 0.3 is 0 Å². The Balaban J connectivity index is 2.86. The molecule has 0 spiro atoms. The van der Waals surface area contributed by atoms with Gasteiger partial charge in [0.05, 0.1) is 4.90 Å². The number of hydrogen-bond donors (Lipinski definition) is 2. The summed E-state index contributed by atoms with van der Waals surface area (Å²) >= 11 is 1.47. The first kappa shape index (κ1) is 15.6. The highest BCUT2D eigenvalue weighted by Gasteiger charge is 2.24. The van der Waals surface area contributed by atoms with E-state index in [9.17, 15) is 8.42 Å². The highest BCUT2D eigenvalue weighted by Crippen LogP contribution is 2.23. The van der Waals surface area contributed by atoms with Crippen molar-refractivity contribution in [2.24, 2.45) is 0 Å². The largest absolute Gasteiger partial charge is 0.312 e. The molecule has 0 saturated carbocycles. The Morgan fingerprint density at radius 2 is 2.00 bits per heavy atom. The fourth-order valence-corrected chi connectivity index (χ4v) is 4.37. The average molecular weight is 290 g/mol. The monoisotopic (exact) mass is 290 g/mol. The molecule has 0 saturated heterocycles. The van der Waals surface area contributed by atoms with Crippen molar-refractivity contribution in [3.8, 4) is 0 Å². The molecule has 4 nitrogen and oxygen atoms in total. The minimum Gasteiger partial charge on any atom is -0.312 e. The molecule has 0 aromatic carbocycles. The van der Waals surface area contributed by atoms with Crippen LogP contribution in [0.15, 0.2) is 16.3 Å². The van der Waals surface area contributed by atoms with Gasteiger partial charge in [-0.15, -0.1) is 11.3 Å². The van der Waals surface area contributed by atoms with Gasteiger partial charge in [0.25, 0.3) is 0 Å². The van der Waals surface area contributed by atoms with Crippen LogP contribution in [0.2, 0.25) is 0 Å². The number of hydrogen-bond acceptors (Lipinski definition) is 4. The normalized spacial score (nSPS) is 12.9. The van der Waals surface area contributed by atoms with Crippen LogP contribution in [-0.2, 0) is 16.6 Å². The number of thiophene rings is 1. The Bertz CT molecular complexity index is 473. The summed E-state index contributed by atoms with van der Waals surface area (Å²) in [7, 11) is -3.42. The van der Waals surface area contributed by atoms with Crippen molar-refractivity contribution in [1.29, 1.82) is 0 Å². The second-order valence-electron chi connectivity index (χ2n) is 5.24. The van der Waals surface area contributed by atoms with Crippen molar-refractivity contribution in [3.05, 3.63) is 16.3 Å². The fraction of sp³-hybridized carbons (Fsp3) is 0.667. The van der Waals surface area contributed by atoms with Gasteiger partial charge in [-0.3, -0.25) is 0 Å². The summed E-state index contributed by atoms with van der Waals surface area (Å²) in [5.41, 5.74) is -0.463. The molecule has 2 N–H and O–H groups in total. The minimum atomic E-state index is -3.42. The smallest absolute Gasteiger partial charge is 0.242 e. The zero-order valence-electron chi connectivity index (χ0n) is 11.4. The SMILES string of the molecule is CCCNCc1sccc1S(=O)(=O)NC(C)(C)C. The summed E-state index contributed by atoms with van der Waals surface area (Å²) in [6, 6.07) is 1.67. The average Bonchev–Trinajstić information content (AvgIpc) is 2.63. The summed E-state index contributed by atoms with van der Waals surface area (Å²) in [6.07, 6.45) is 1.04. The summed E-state index contributed by atoms with van der Waals surface area (Å²) in [5, 5.41) is 5.05. The molecule has 1 aromatic heterocycles. The predicted molar refractivity (Wildman–Crippen MR) is 76.4 cm³/mol. The van der Waals surface area contributed by atoms with Gasteiger partial charge in [-0.2, -0.15) is 0 Å². The van der Waals surface area contributed by atoms with Crippen LogP contribution in [0, 0.1) is 0 Å². The van der Waals surface area contributed by atoms with Crippen LogP contribution >= 0.6 is 11.3 Å². The zero-order valence-corrected chi connectivity index (χ0v) is 13.0. The Hall–Kier alpha value is -0.430. The maximum atomic E-state index is 12.2. The van der Waals surface area contributed by atoms with Crippen LogP contribution in [0.3, 0.4) is 0 Å². The third kappa shape index (κ3) is 4.68. The maximum Gasteiger partial charge on any atom is 0.242 e. The zero-order chi connectivity index (χ0) is 13.8.